The van der Waals surface area contributed by atoms with Crippen molar-refractivity contribution in [3.63, 3.8) is 0 Å². The maximum atomic E-state index is 9.90. The highest BCUT2D eigenvalue weighted by Crippen LogP contribution is 2.27. The summed E-state index contributed by atoms with van der Waals surface area (Å²) in [5.41, 5.74) is 8.68. The number of rotatable bonds is 3. The first-order valence-electron chi connectivity index (χ1n) is 5.18. The van der Waals surface area contributed by atoms with E-state index < -0.39 is 6.10 Å². The van der Waals surface area contributed by atoms with Gasteiger partial charge in [0.05, 0.1) is 6.10 Å². The molecule has 1 heterocycles. The van der Waals surface area contributed by atoms with Gasteiger partial charge in [-0.2, -0.15) is 0 Å². The highest BCUT2D eigenvalue weighted by atomic mass is 16.3. The predicted molar refractivity (Wildman–Crippen MR) is 61.7 cm³/mol. The molecule has 1 aromatic heterocycles. The molecule has 0 spiro atoms. The Hall–Kier alpha value is -1.32. The van der Waals surface area contributed by atoms with Crippen LogP contribution in [-0.4, -0.2) is 16.6 Å². The van der Waals surface area contributed by atoms with Crippen LogP contribution in [0.2, 0.25) is 0 Å². The predicted octanol–water partition coefficient (Wildman–Crippen LogP) is 1.86. The van der Waals surface area contributed by atoms with Crippen LogP contribution >= 0.6 is 0 Å². The molecule has 0 aliphatic heterocycles. The van der Waals surface area contributed by atoms with Gasteiger partial charge in [0.15, 0.2) is 0 Å². The number of aliphatic hydroxyl groups is 1. The third-order valence-electron chi connectivity index (χ3n) is 2.75. The molecule has 80 valence electrons. The summed E-state index contributed by atoms with van der Waals surface area (Å²) in [7, 11) is 0. The van der Waals surface area contributed by atoms with Crippen LogP contribution in [0.1, 0.15) is 23.7 Å². The zero-order valence-corrected chi connectivity index (χ0v) is 8.83. The third-order valence-corrected chi connectivity index (χ3v) is 2.75. The van der Waals surface area contributed by atoms with Gasteiger partial charge in [-0.25, -0.2) is 0 Å². The monoisotopic (exact) mass is 204 g/mol. The lowest BCUT2D eigenvalue weighted by molar-refractivity contribution is 0.172. The Morgan fingerprint density at radius 1 is 1.47 bits per heavy atom. The number of fused-ring (bicyclic) bond motifs is 1. The topological polar surface area (TPSA) is 62.0 Å². The molecule has 2 aromatic rings. The van der Waals surface area contributed by atoms with Crippen LogP contribution in [0.5, 0.6) is 0 Å². The summed E-state index contributed by atoms with van der Waals surface area (Å²) in [4.78, 5) is 3.19. The highest BCUT2D eigenvalue weighted by molar-refractivity contribution is 5.86. The number of aliphatic hydroxyl groups excluding tert-OH is 1. The zero-order chi connectivity index (χ0) is 10.8. The summed E-state index contributed by atoms with van der Waals surface area (Å²) in [6.07, 6.45) is 2.00. The number of hydrogen-bond donors (Lipinski definition) is 3. The van der Waals surface area contributed by atoms with Crippen LogP contribution < -0.4 is 5.73 Å². The Bertz CT molecular complexity index is 462. The Balaban J connectivity index is 2.49. The normalized spacial score (nSPS) is 13.3. The molecule has 0 radical (unpaired) electrons. The molecule has 1 atom stereocenters. The second-order valence-corrected chi connectivity index (χ2v) is 3.83. The van der Waals surface area contributed by atoms with Crippen molar-refractivity contribution in [1.29, 1.82) is 0 Å². The second kappa shape index (κ2) is 4.04. The summed E-state index contributed by atoms with van der Waals surface area (Å²) in [5.74, 6) is 0. The molecule has 3 heteroatoms. The Kier molecular flexibility index (Phi) is 2.75. The number of H-pyrrole nitrogens is 1. The molecule has 4 N–H and O–H groups in total. The van der Waals surface area contributed by atoms with Gasteiger partial charge in [0, 0.05) is 22.7 Å². The van der Waals surface area contributed by atoms with Gasteiger partial charge in [-0.3, -0.25) is 0 Å². The lowest BCUT2D eigenvalue weighted by atomic mass is 10.0. The van der Waals surface area contributed by atoms with E-state index in [0.29, 0.717) is 13.0 Å². The molecule has 0 unspecified atom stereocenters. The lowest BCUT2D eigenvalue weighted by Crippen LogP contribution is -2.06. The maximum absolute atomic E-state index is 9.90. The Labute approximate surface area is 88.9 Å². The minimum atomic E-state index is -0.467. The van der Waals surface area contributed by atoms with Crippen LogP contribution in [0.15, 0.2) is 24.4 Å². The highest BCUT2D eigenvalue weighted by Gasteiger charge is 2.12. The van der Waals surface area contributed by atoms with Gasteiger partial charge < -0.3 is 15.8 Å². The van der Waals surface area contributed by atoms with Crippen molar-refractivity contribution in [1.82, 2.24) is 4.98 Å². The molecule has 2 rings (SSSR count). The second-order valence-electron chi connectivity index (χ2n) is 3.83. The number of benzene rings is 1. The van der Waals surface area contributed by atoms with Crippen LogP contribution in [0.25, 0.3) is 10.9 Å². The van der Waals surface area contributed by atoms with Gasteiger partial charge >= 0.3 is 0 Å². The maximum Gasteiger partial charge on any atom is 0.0822 e. The van der Waals surface area contributed by atoms with E-state index >= 15 is 0 Å². The van der Waals surface area contributed by atoms with Crippen LogP contribution in [0, 0.1) is 6.92 Å². The van der Waals surface area contributed by atoms with Gasteiger partial charge in [0.1, 0.15) is 0 Å². The molecule has 15 heavy (non-hydrogen) atoms. The van der Waals surface area contributed by atoms with Crippen LogP contribution in [-0.2, 0) is 0 Å². The molecule has 0 fully saturated rings. The minimum Gasteiger partial charge on any atom is -0.388 e. The summed E-state index contributed by atoms with van der Waals surface area (Å²) in [6.45, 7) is 2.55. The molecule has 0 bridgehead atoms. The molecule has 1 aromatic carbocycles. The number of nitrogens with two attached hydrogens (primary N) is 1. The average molecular weight is 204 g/mol. The molecular formula is C12H16N2O. The van der Waals surface area contributed by atoms with Gasteiger partial charge in [-0.1, -0.05) is 18.2 Å². The van der Waals surface area contributed by atoms with Gasteiger partial charge in [-0.15, -0.1) is 0 Å². The quantitative estimate of drug-likeness (QED) is 0.714. The van der Waals surface area contributed by atoms with Crippen molar-refractivity contribution in [3.8, 4) is 0 Å². The minimum absolute atomic E-state index is 0.467. The number of para-hydroxylation sites is 1. The van der Waals surface area contributed by atoms with Gasteiger partial charge in [0.25, 0.3) is 0 Å². The fraction of sp³-hybridized carbons (Fsp3) is 0.333. The van der Waals surface area contributed by atoms with E-state index in [4.69, 9.17) is 5.73 Å². The molecular weight excluding hydrogens is 188 g/mol. The zero-order valence-electron chi connectivity index (χ0n) is 8.83. The lowest BCUT2D eigenvalue weighted by Gasteiger charge is -2.07. The van der Waals surface area contributed by atoms with Crippen molar-refractivity contribution >= 4 is 10.9 Å². The van der Waals surface area contributed by atoms with Crippen molar-refractivity contribution in [2.24, 2.45) is 5.73 Å². The van der Waals surface area contributed by atoms with E-state index in [1.54, 1.807) is 0 Å². The van der Waals surface area contributed by atoms with Crippen LogP contribution in [0.4, 0.5) is 0 Å². The number of nitrogens with one attached hydrogen (secondary N) is 1. The van der Waals surface area contributed by atoms with E-state index in [1.807, 2.05) is 18.3 Å². The first-order valence-corrected chi connectivity index (χ1v) is 5.18. The van der Waals surface area contributed by atoms with E-state index in [2.05, 4.69) is 18.0 Å². The third kappa shape index (κ3) is 1.76. The first-order chi connectivity index (χ1) is 7.24. The standard InChI is InChI=1S/C12H16N2O/c1-8-3-2-4-9-10(7-14-12(8)9)11(15)5-6-13/h2-4,7,11,14-15H,5-6,13H2,1H3/t11-/m0/s1. The first kappa shape index (κ1) is 10.2. The SMILES string of the molecule is Cc1cccc2c([C@@H](O)CCN)c[nH]c12. The Morgan fingerprint density at radius 2 is 2.27 bits per heavy atom. The Morgan fingerprint density at radius 3 is 3.00 bits per heavy atom. The summed E-state index contributed by atoms with van der Waals surface area (Å²) in [6, 6.07) is 6.08. The molecule has 0 amide bonds. The van der Waals surface area contributed by atoms with Crippen molar-refractivity contribution in [2.75, 3.05) is 6.54 Å². The van der Waals surface area contributed by atoms with E-state index in [9.17, 15) is 5.11 Å². The average Bonchev–Trinajstić information content (AvgIpc) is 2.63. The number of hydrogen-bond acceptors (Lipinski definition) is 2. The fourth-order valence-electron chi connectivity index (χ4n) is 1.92. The summed E-state index contributed by atoms with van der Waals surface area (Å²) >= 11 is 0. The van der Waals surface area contributed by atoms with E-state index in [-0.39, 0.29) is 0 Å². The molecule has 3 nitrogen and oxygen atoms in total. The smallest absolute Gasteiger partial charge is 0.0822 e. The van der Waals surface area contributed by atoms with Gasteiger partial charge in [-0.05, 0) is 25.5 Å². The number of aromatic amines is 1. The summed E-state index contributed by atoms with van der Waals surface area (Å²) in [5, 5.41) is 11.0. The van der Waals surface area contributed by atoms with Crippen molar-refractivity contribution < 1.29 is 5.11 Å². The molecule has 0 saturated carbocycles. The largest absolute Gasteiger partial charge is 0.388 e. The van der Waals surface area contributed by atoms with E-state index in [1.165, 1.54) is 5.56 Å². The van der Waals surface area contributed by atoms with E-state index in [0.717, 1.165) is 16.5 Å². The fourth-order valence-corrected chi connectivity index (χ4v) is 1.92. The summed E-state index contributed by atoms with van der Waals surface area (Å²) < 4.78 is 0. The van der Waals surface area contributed by atoms with Crippen LogP contribution in [0.3, 0.4) is 0 Å². The molecule has 0 aliphatic carbocycles. The molecule has 0 saturated heterocycles. The van der Waals surface area contributed by atoms with Crippen molar-refractivity contribution in [2.45, 2.75) is 19.4 Å². The van der Waals surface area contributed by atoms with Crippen molar-refractivity contribution in [3.05, 3.63) is 35.5 Å². The number of aryl methyl sites for hydroxylation is 1. The van der Waals surface area contributed by atoms with Gasteiger partial charge in [0.2, 0.25) is 0 Å². The molecule has 0 aliphatic rings. The number of aromatic nitrogens is 1.